The van der Waals surface area contributed by atoms with Crippen LogP contribution in [0.1, 0.15) is 30.2 Å². The number of ether oxygens (including phenoxy) is 3. The van der Waals surface area contributed by atoms with Gasteiger partial charge in [-0.05, 0) is 60.0 Å². The number of benzene rings is 2. The van der Waals surface area contributed by atoms with Gasteiger partial charge >= 0.3 is 0 Å². The van der Waals surface area contributed by atoms with Gasteiger partial charge in [0.1, 0.15) is 12.3 Å². The maximum atomic E-state index is 13.9. The highest BCUT2D eigenvalue weighted by molar-refractivity contribution is 6.31. The number of carbonyl (C=O) groups excluding carboxylic acids is 2. The number of tetrazole rings is 1. The third kappa shape index (κ3) is 6.72. The number of nitrogens with one attached hydrogen (secondary N) is 1. The molecule has 0 radical (unpaired) electrons. The van der Waals surface area contributed by atoms with E-state index in [0.29, 0.717) is 52.4 Å². The zero-order valence-electron chi connectivity index (χ0n) is 23.2. The Morgan fingerprint density at radius 1 is 1.14 bits per heavy atom. The van der Waals surface area contributed by atoms with Crippen molar-refractivity contribution in [3.63, 3.8) is 0 Å². The summed E-state index contributed by atoms with van der Waals surface area (Å²) >= 11 is 6.47. The minimum Gasteiger partial charge on any atom is -0.493 e. The number of aromatic nitrogens is 4. The average molecular weight is 595 g/mol. The van der Waals surface area contributed by atoms with Crippen molar-refractivity contribution >= 4 is 23.4 Å². The summed E-state index contributed by atoms with van der Waals surface area (Å²) < 4.78 is 22.0. The first-order valence-electron chi connectivity index (χ1n) is 13.4. The first-order valence-corrected chi connectivity index (χ1v) is 13.8. The van der Waals surface area contributed by atoms with E-state index >= 15 is 0 Å². The molecular weight excluding hydrogens is 564 g/mol. The Bertz CT molecular complexity index is 1500. The Hall–Kier alpha value is -4.42. The molecule has 1 N–H and O–H groups in total. The molecule has 1 aliphatic rings. The Balaban J connectivity index is 1.42. The van der Waals surface area contributed by atoms with Crippen molar-refractivity contribution in [1.29, 1.82) is 0 Å². The van der Waals surface area contributed by atoms with Gasteiger partial charge in [0.05, 0.1) is 26.6 Å². The van der Waals surface area contributed by atoms with Crippen LogP contribution in [-0.4, -0.2) is 70.4 Å². The van der Waals surface area contributed by atoms with Crippen LogP contribution < -0.4 is 14.8 Å². The zero-order valence-corrected chi connectivity index (χ0v) is 24.0. The van der Waals surface area contributed by atoms with Gasteiger partial charge in [-0.3, -0.25) is 9.59 Å². The molecule has 2 amide bonds. The summed E-state index contributed by atoms with van der Waals surface area (Å²) in [6.45, 7) is 0.731. The number of hydrogen-bond acceptors (Lipinski definition) is 9. The van der Waals surface area contributed by atoms with Crippen LogP contribution in [0, 0.1) is 0 Å². The monoisotopic (exact) mass is 594 g/mol. The van der Waals surface area contributed by atoms with Crippen molar-refractivity contribution in [2.75, 3.05) is 27.4 Å². The van der Waals surface area contributed by atoms with E-state index in [-0.39, 0.29) is 19.2 Å². The predicted molar refractivity (Wildman–Crippen MR) is 152 cm³/mol. The molecule has 0 saturated carbocycles. The molecule has 2 atom stereocenters. The Labute approximate surface area is 247 Å². The first kappa shape index (κ1) is 29.1. The Morgan fingerprint density at radius 3 is 2.69 bits per heavy atom. The highest BCUT2D eigenvalue weighted by atomic mass is 35.5. The lowest BCUT2D eigenvalue weighted by Crippen LogP contribution is -2.46. The standard InChI is InChI=1S/C29H31ClN6O6/c1-39-23-12-11-19(15-25(23)40-2)28-32-34-36(33-28)18-26(37)35(17-20-7-3-4-9-22(20)30)27(24-10-6-14-42-24)29(38)31-16-21-8-5-13-41-21/h3-4,6-7,9-12,14-15,21,27H,5,8,13,16-18H2,1-2H3,(H,31,38)/t21-,27+/m1/s1. The van der Waals surface area contributed by atoms with Crippen LogP contribution in [0.3, 0.4) is 0 Å². The van der Waals surface area contributed by atoms with Crippen LogP contribution in [0.5, 0.6) is 11.5 Å². The molecule has 3 heterocycles. The van der Waals surface area contributed by atoms with E-state index in [1.165, 1.54) is 23.1 Å². The van der Waals surface area contributed by atoms with Gasteiger partial charge in [0.25, 0.3) is 5.91 Å². The van der Waals surface area contributed by atoms with E-state index in [9.17, 15) is 9.59 Å². The third-order valence-electron chi connectivity index (χ3n) is 6.89. The molecule has 13 heteroatoms. The summed E-state index contributed by atoms with van der Waals surface area (Å²) in [4.78, 5) is 30.2. The van der Waals surface area contributed by atoms with Gasteiger partial charge in [-0.15, -0.1) is 10.2 Å². The third-order valence-corrected chi connectivity index (χ3v) is 7.26. The summed E-state index contributed by atoms with van der Waals surface area (Å²) in [5.41, 5.74) is 1.29. The summed E-state index contributed by atoms with van der Waals surface area (Å²) in [7, 11) is 3.08. The number of halogens is 1. The molecule has 2 aromatic carbocycles. The van der Waals surface area contributed by atoms with Gasteiger partial charge in [-0.2, -0.15) is 4.80 Å². The molecule has 1 aliphatic heterocycles. The van der Waals surface area contributed by atoms with E-state index in [1.807, 2.05) is 6.07 Å². The van der Waals surface area contributed by atoms with Crippen molar-refractivity contribution in [1.82, 2.24) is 30.4 Å². The fourth-order valence-corrected chi connectivity index (χ4v) is 4.93. The number of furan rings is 1. The highest BCUT2D eigenvalue weighted by Gasteiger charge is 2.35. The normalized spacial score (nSPS) is 15.3. The second-order valence-electron chi connectivity index (χ2n) is 9.62. The van der Waals surface area contributed by atoms with Gasteiger partial charge in [-0.25, -0.2) is 0 Å². The first-order chi connectivity index (χ1) is 20.5. The van der Waals surface area contributed by atoms with Gasteiger partial charge in [0, 0.05) is 30.3 Å². The van der Waals surface area contributed by atoms with Crippen LogP contribution in [0.25, 0.3) is 11.4 Å². The smallest absolute Gasteiger partial charge is 0.250 e. The van der Waals surface area contributed by atoms with Crippen molar-refractivity contribution < 1.29 is 28.2 Å². The summed E-state index contributed by atoms with van der Waals surface area (Å²) in [6.07, 6.45) is 3.18. The fraction of sp³-hybridized carbons (Fsp3) is 0.345. The SMILES string of the molecule is COc1ccc(-c2nnn(CC(=O)N(Cc3ccccc3Cl)[C@H](C(=O)NC[C@H]3CCCO3)c3ccco3)n2)cc1OC. The molecule has 0 spiro atoms. The molecular formula is C29H31ClN6O6. The van der Waals surface area contributed by atoms with Crippen molar-refractivity contribution in [3.8, 4) is 22.9 Å². The number of carbonyl (C=O) groups is 2. The van der Waals surface area contributed by atoms with E-state index in [1.54, 1.807) is 55.6 Å². The quantitative estimate of drug-likeness (QED) is 0.261. The molecule has 0 bridgehead atoms. The molecule has 4 aromatic rings. The largest absolute Gasteiger partial charge is 0.493 e. The lowest BCUT2D eigenvalue weighted by molar-refractivity contribution is -0.143. The minimum absolute atomic E-state index is 0.0362. The number of nitrogens with zero attached hydrogens (tertiary/aromatic N) is 5. The molecule has 0 aliphatic carbocycles. The van der Waals surface area contributed by atoms with Gasteiger partial charge in [0.15, 0.2) is 17.5 Å². The number of rotatable bonds is 12. The zero-order chi connectivity index (χ0) is 29.5. The molecule has 5 rings (SSSR count). The Morgan fingerprint density at radius 2 is 1.98 bits per heavy atom. The molecule has 0 unspecified atom stereocenters. The summed E-state index contributed by atoms with van der Waals surface area (Å²) in [5, 5.41) is 16.0. The van der Waals surface area contributed by atoms with Gasteiger partial charge in [-0.1, -0.05) is 29.8 Å². The maximum Gasteiger partial charge on any atom is 0.250 e. The van der Waals surface area contributed by atoms with Crippen LogP contribution in [0.15, 0.2) is 65.3 Å². The van der Waals surface area contributed by atoms with Gasteiger partial charge in [0.2, 0.25) is 11.7 Å². The molecule has 220 valence electrons. The van der Waals surface area contributed by atoms with Crippen LogP contribution in [0.4, 0.5) is 0 Å². The minimum atomic E-state index is -1.08. The summed E-state index contributed by atoms with van der Waals surface area (Å²) in [6, 6.07) is 14.6. The topological polar surface area (TPSA) is 134 Å². The fourth-order valence-electron chi connectivity index (χ4n) is 4.73. The van der Waals surface area contributed by atoms with Crippen molar-refractivity contribution in [2.24, 2.45) is 0 Å². The summed E-state index contributed by atoms with van der Waals surface area (Å²) in [5.74, 6) is 0.804. The van der Waals surface area contributed by atoms with Crippen molar-refractivity contribution in [2.45, 2.75) is 38.1 Å². The maximum absolute atomic E-state index is 13.9. The molecule has 2 aromatic heterocycles. The molecule has 12 nitrogen and oxygen atoms in total. The number of amides is 2. The van der Waals surface area contributed by atoms with E-state index in [2.05, 4.69) is 20.7 Å². The predicted octanol–water partition coefficient (Wildman–Crippen LogP) is 3.67. The second-order valence-corrected chi connectivity index (χ2v) is 10.0. The second kappa shape index (κ2) is 13.5. The van der Waals surface area contributed by atoms with Crippen LogP contribution in [-0.2, 0) is 27.4 Å². The molecule has 42 heavy (non-hydrogen) atoms. The average Bonchev–Trinajstić information content (AvgIpc) is 3.80. The Kier molecular flexibility index (Phi) is 9.35. The van der Waals surface area contributed by atoms with Gasteiger partial charge < -0.3 is 28.8 Å². The van der Waals surface area contributed by atoms with E-state index in [0.717, 1.165) is 12.8 Å². The lowest BCUT2D eigenvalue weighted by Gasteiger charge is -2.30. The van der Waals surface area contributed by atoms with Crippen LogP contribution in [0.2, 0.25) is 5.02 Å². The molecule has 1 saturated heterocycles. The van der Waals surface area contributed by atoms with E-state index < -0.39 is 17.9 Å². The van der Waals surface area contributed by atoms with Crippen LogP contribution >= 0.6 is 11.6 Å². The van der Waals surface area contributed by atoms with E-state index in [4.69, 9.17) is 30.2 Å². The number of methoxy groups -OCH3 is 2. The van der Waals surface area contributed by atoms with Crippen molar-refractivity contribution in [3.05, 3.63) is 77.2 Å². The number of hydrogen-bond donors (Lipinski definition) is 1. The molecule has 1 fully saturated rings. The lowest BCUT2D eigenvalue weighted by atomic mass is 10.1. The highest BCUT2D eigenvalue weighted by Crippen LogP contribution is 2.31.